The van der Waals surface area contributed by atoms with E-state index in [4.69, 9.17) is 0 Å². The molecule has 0 spiro atoms. The summed E-state index contributed by atoms with van der Waals surface area (Å²) in [4.78, 5) is 0. The van der Waals surface area contributed by atoms with Crippen LogP contribution in [0.25, 0.3) is 0 Å². The first-order chi connectivity index (χ1) is 4.75. The average molecular weight is 140 g/mol. The number of hydrogen-bond donors (Lipinski definition) is 0. The molecular weight excluding hydrogens is 128 g/mol. The van der Waals surface area contributed by atoms with E-state index in [-0.39, 0.29) is 0 Å². The first-order valence-corrected chi connectivity index (χ1v) is 3.54. The molecule has 56 valence electrons. The fraction of sp³-hybridized carbons (Fsp3) is 0.714. The van der Waals surface area contributed by atoms with Gasteiger partial charge >= 0.3 is 0 Å². The maximum atomic E-state index is 4.57. The molecule has 1 aromatic rings. The highest BCUT2D eigenvalue weighted by Crippen LogP contribution is 2.17. The zero-order valence-corrected chi connectivity index (χ0v) is 6.59. The first kappa shape index (κ1) is 7.25. The summed E-state index contributed by atoms with van der Waals surface area (Å²) >= 11 is 0. The lowest BCUT2D eigenvalue weighted by molar-refractivity contribution is 0.299. The molecule has 0 unspecified atom stereocenters. The number of aryl methyl sites for hydroxylation is 1. The van der Waals surface area contributed by atoms with E-state index in [0.717, 1.165) is 17.8 Å². The van der Waals surface area contributed by atoms with Gasteiger partial charge in [0.25, 0.3) is 0 Å². The predicted molar refractivity (Wildman–Crippen MR) is 37.7 cm³/mol. The van der Waals surface area contributed by atoms with Crippen LogP contribution >= 0.6 is 0 Å². The quantitative estimate of drug-likeness (QED) is 0.629. The summed E-state index contributed by atoms with van der Waals surface area (Å²) in [5.74, 6) is 0.464. The summed E-state index contributed by atoms with van der Waals surface area (Å²) in [7, 11) is 0. The van der Waals surface area contributed by atoms with Crippen molar-refractivity contribution in [1.29, 1.82) is 0 Å². The van der Waals surface area contributed by atoms with Gasteiger partial charge in [0.1, 0.15) is 11.4 Å². The van der Waals surface area contributed by atoms with Crippen molar-refractivity contribution >= 4 is 0 Å². The molecule has 10 heavy (non-hydrogen) atoms. The molecule has 0 amide bonds. The van der Waals surface area contributed by atoms with Gasteiger partial charge in [0, 0.05) is 5.92 Å². The summed E-state index contributed by atoms with van der Waals surface area (Å²) in [6.07, 6.45) is 1.08. The molecule has 0 bridgehead atoms. The molecule has 0 saturated heterocycles. The van der Waals surface area contributed by atoms with Gasteiger partial charge in [-0.3, -0.25) is 0 Å². The second kappa shape index (κ2) is 2.82. The lowest BCUT2D eigenvalue weighted by Crippen LogP contribution is -1.93. The van der Waals surface area contributed by atoms with Crippen LogP contribution in [0, 0.1) is 6.92 Å². The van der Waals surface area contributed by atoms with Gasteiger partial charge in [-0.15, -0.1) is 0 Å². The number of rotatable bonds is 2. The van der Waals surface area contributed by atoms with Crippen molar-refractivity contribution in [3.05, 3.63) is 11.4 Å². The van der Waals surface area contributed by atoms with Crippen molar-refractivity contribution in [3.8, 4) is 0 Å². The molecule has 1 heterocycles. The highest BCUT2D eigenvalue weighted by atomic mass is 16.6. The Morgan fingerprint density at radius 3 is 2.60 bits per heavy atom. The topological polar surface area (TPSA) is 38.9 Å². The van der Waals surface area contributed by atoms with Crippen molar-refractivity contribution in [2.24, 2.45) is 0 Å². The van der Waals surface area contributed by atoms with Crippen molar-refractivity contribution in [1.82, 2.24) is 10.3 Å². The van der Waals surface area contributed by atoms with Crippen molar-refractivity contribution in [2.75, 3.05) is 0 Å². The Hall–Kier alpha value is -0.860. The van der Waals surface area contributed by atoms with E-state index in [1.807, 2.05) is 6.92 Å². The van der Waals surface area contributed by atoms with Gasteiger partial charge in [-0.1, -0.05) is 24.2 Å². The third kappa shape index (κ3) is 1.17. The lowest BCUT2D eigenvalue weighted by atomic mass is 10.0. The van der Waals surface area contributed by atoms with Gasteiger partial charge in [-0.2, -0.15) is 0 Å². The fourth-order valence-electron chi connectivity index (χ4n) is 0.878. The van der Waals surface area contributed by atoms with Crippen LogP contribution in [0.1, 0.15) is 37.6 Å². The van der Waals surface area contributed by atoms with Crippen molar-refractivity contribution < 1.29 is 4.63 Å². The van der Waals surface area contributed by atoms with Gasteiger partial charge in [0.2, 0.25) is 0 Å². The molecule has 0 saturated carbocycles. The third-order valence-electron chi connectivity index (χ3n) is 1.77. The van der Waals surface area contributed by atoms with E-state index in [0.29, 0.717) is 5.92 Å². The zero-order chi connectivity index (χ0) is 7.56. The Kier molecular flexibility index (Phi) is 2.04. The fourth-order valence-corrected chi connectivity index (χ4v) is 0.878. The van der Waals surface area contributed by atoms with Crippen LogP contribution in [-0.4, -0.2) is 10.3 Å². The Bertz CT molecular complexity index is 207. The molecule has 3 nitrogen and oxygen atoms in total. The molecule has 0 aromatic carbocycles. The predicted octanol–water partition coefficient (Wildman–Crippen LogP) is 1.89. The van der Waals surface area contributed by atoms with Crippen LogP contribution in [0.5, 0.6) is 0 Å². The van der Waals surface area contributed by atoms with Crippen LogP contribution in [0.2, 0.25) is 0 Å². The molecule has 1 aromatic heterocycles. The summed E-state index contributed by atoms with van der Waals surface area (Å²) in [6.45, 7) is 6.16. The molecule has 0 N–H and O–H groups in total. The highest BCUT2D eigenvalue weighted by Gasteiger charge is 2.10. The SMILES string of the molecule is CC[C@H](C)c1nonc1C. The van der Waals surface area contributed by atoms with E-state index < -0.39 is 0 Å². The molecule has 1 atom stereocenters. The van der Waals surface area contributed by atoms with Crippen LogP contribution in [-0.2, 0) is 0 Å². The maximum Gasteiger partial charge on any atom is 0.110 e. The van der Waals surface area contributed by atoms with Gasteiger partial charge in [-0.25, -0.2) is 4.63 Å². The normalized spacial score (nSPS) is 13.5. The second-order valence-electron chi connectivity index (χ2n) is 2.54. The average Bonchev–Trinajstić information content (AvgIpc) is 2.34. The van der Waals surface area contributed by atoms with Gasteiger partial charge in [0.15, 0.2) is 0 Å². The second-order valence-corrected chi connectivity index (χ2v) is 2.54. The van der Waals surface area contributed by atoms with E-state index in [1.54, 1.807) is 0 Å². The molecule has 0 aliphatic heterocycles. The van der Waals surface area contributed by atoms with Gasteiger partial charge < -0.3 is 0 Å². The zero-order valence-electron chi connectivity index (χ0n) is 6.59. The Morgan fingerprint density at radius 2 is 2.20 bits per heavy atom. The first-order valence-electron chi connectivity index (χ1n) is 3.54. The third-order valence-corrected chi connectivity index (χ3v) is 1.77. The molecule has 0 aliphatic carbocycles. The number of hydrogen-bond acceptors (Lipinski definition) is 3. The van der Waals surface area contributed by atoms with Crippen molar-refractivity contribution in [2.45, 2.75) is 33.1 Å². The van der Waals surface area contributed by atoms with E-state index in [2.05, 4.69) is 28.8 Å². The van der Waals surface area contributed by atoms with E-state index in [1.165, 1.54) is 0 Å². The minimum atomic E-state index is 0.464. The molecule has 3 heteroatoms. The Morgan fingerprint density at radius 1 is 1.50 bits per heavy atom. The van der Waals surface area contributed by atoms with Gasteiger partial charge in [-0.05, 0) is 13.3 Å². The van der Waals surface area contributed by atoms with E-state index in [9.17, 15) is 0 Å². The molecule has 0 fully saturated rings. The number of aromatic nitrogens is 2. The Balaban J connectivity index is 2.82. The lowest BCUT2D eigenvalue weighted by Gasteiger charge is -2.01. The minimum absolute atomic E-state index is 0.464. The number of nitrogens with zero attached hydrogens (tertiary/aromatic N) is 2. The largest absolute Gasteiger partial charge is 0.244 e. The van der Waals surface area contributed by atoms with Crippen LogP contribution in [0.4, 0.5) is 0 Å². The summed E-state index contributed by atoms with van der Waals surface area (Å²) < 4.78 is 4.57. The summed E-state index contributed by atoms with van der Waals surface area (Å²) in [5.41, 5.74) is 1.90. The molecular formula is C7H12N2O. The Labute approximate surface area is 60.4 Å². The van der Waals surface area contributed by atoms with Crippen molar-refractivity contribution in [3.63, 3.8) is 0 Å². The monoisotopic (exact) mass is 140 g/mol. The molecule has 0 radical (unpaired) electrons. The van der Waals surface area contributed by atoms with E-state index >= 15 is 0 Å². The van der Waals surface area contributed by atoms with Crippen LogP contribution < -0.4 is 0 Å². The summed E-state index contributed by atoms with van der Waals surface area (Å²) in [6, 6.07) is 0. The minimum Gasteiger partial charge on any atom is -0.244 e. The van der Waals surface area contributed by atoms with Crippen LogP contribution in [0.3, 0.4) is 0 Å². The molecule has 1 rings (SSSR count). The molecule has 0 aliphatic rings. The smallest absolute Gasteiger partial charge is 0.110 e. The summed E-state index contributed by atoms with van der Waals surface area (Å²) in [5, 5.41) is 7.50. The van der Waals surface area contributed by atoms with Gasteiger partial charge in [0.05, 0.1) is 0 Å². The highest BCUT2D eigenvalue weighted by molar-refractivity contribution is 5.09. The standard InChI is InChI=1S/C7H12N2O/c1-4-5(2)7-6(3)8-10-9-7/h5H,4H2,1-3H3/t5-/m0/s1. The van der Waals surface area contributed by atoms with Crippen LogP contribution in [0.15, 0.2) is 4.63 Å². The maximum absolute atomic E-state index is 4.57.